The molecule has 1 saturated carbocycles. The van der Waals surface area contributed by atoms with Gasteiger partial charge in [-0.05, 0) is 25.0 Å². The molecule has 0 radical (unpaired) electrons. The van der Waals surface area contributed by atoms with E-state index in [1.54, 1.807) is 0 Å². The van der Waals surface area contributed by atoms with Crippen LogP contribution in [-0.2, 0) is 6.61 Å². The zero-order chi connectivity index (χ0) is 12.4. The molecule has 0 spiro atoms. The second kappa shape index (κ2) is 4.78. The SMILES string of the molecule is OC1CC(c2nc(COc3ccccc3)no2)C1. The smallest absolute Gasteiger partial charge is 0.230 e. The molecule has 1 N–H and O–H groups in total. The van der Waals surface area contributed by atoms with Gasteiger partial charge in [0.1, 0.15) is 5.75 Å². The molecule has 0 saturated heterocycles. The Morgan fingerprint density at radius 3 is 2.78 bits per heavy atom. The lowest BCUT2D eigenvalue weighted by atomic mass is 9.82. The van der Waals surface area contributed by atoms with Gasteiger partial charge in [0.2, 0.25) is 11.7 Å². The van der Waals surface area contributed by atoms with Crippen molar-refractivity contribution < 1.29 is 14.4 Å². The van der Waals surface area contributed by atoms with Crippen molar-refractivity contribution in [1.29, 1.82) is 0 Å². The van der Waals surface area contributed by atoms with Crippen LogP contribution in [-0.4, -0.2) is 21.4 Å². The van der Waals surface area contributed by atoms with Crippen LogP contribution < -0.4 is 4.74 Å². The van der Waals surface area contributed by atoms with E-state index in [0.717, 1.165) is 5.75 Å². The van der Waals surface area contributed by atoms with Crippen LogP contribution in [0.4, 0.5) is 0 Å². The van der Waals surface area contributed by atoms with Gasteiger partial charge in [0.25, 0.3) is 0 Å². The summed E-state index contributed by atoms with van der Waals surface area (Å²) < 4.78 is 10.7. The first-order valence-electron chi connectivity index (χ1n) is 5.99. The summed E-state index contributed by atoms with van der Waals surface area (Å²) in [6.07, 6.45) is 1.20. The van der Waals surface area contributed by atoms with Gasteiger partial charge in [0.05, 0.1) is 6.10 Å². The van der Waals surface area contributed by atoms with Crippen molar-refractivity contribution in [2.24, 2.45) is 0 Å². The molecule has 5 nitrogen and oxygen atoms in total. The summed E-state index contributed by atoms with van der Waals surface area (Å²) in [6, 6.07) is 9.51. The van der Waals surface area contributed by atoms with Crippen molar-refractivity contribution >= 4 is 0 Å². The summed E-state index contributed by atoms with van der Waals surface area (Å²) in [5.41, 5.74) is 0. The third-order valence-electron chi connectivity index (χ3n) is 3.06. The minimum atomic E-state index is -0.217. The zero-order valence-electron chi connectivity index (χ0n) is 9.82. The Balaban J connectivity index is 1.57. The van der Waals surface area contributed by atoms with Crippen LogP contribution in [0.2, 0.25) is 0 Å². The number of hydrogen-bond acceptors (Lipinski definition) is 5. The van der Waals surface area contributed by atoms with Crippen molar-refractivity contribution in [2.45, 2.75) is 31.5 Å². The van der Waals surface area contributed by atoms with Gasteiger partial charge in [-0.1, -0.05) is 23.4 Å². The molecule has 1 aromatic heterocycles. The molecule has 0 bridgehead atoms. The fourth-order valence-corrected chi connectivity index (χ4v) is 1.95. The molecule has 1 fully saturated rings. The van der Waals surface area contributed by atoms with Gasteiger partial charge in [0, 0.05) is 5.92 Å². The molecule has 1 aromatic carbocycles. The molecule has 2 aromatic rings. The highest BCUT2D eigenvalue weighted by molar-refractivity contribution is 5.21. The number of aliphatic hydroxyl groups is 1. The average Bonchev–Trinajstić information content (AvgIpc) is 2.82. The highest BCUT2D eigenvalue weighted by atomic mass is 16.5. The minimum absolute atomic E-state index is 0.206. The van der Waals surface area contributed by atoms with Crippen molar-refractivity contribution in [3.63, 3.8) is 0 Å². The zero-order valence-corrected chi connectivity index (χ0v) is 9.82. The Kier molecular flexibility index (Phi) is 2.98. The van der Waals surface area contributed by atoms with Gasteiger partial charge in [-0.3, -0.25) is 0 Å². The van der Waals surface area contributed by atoms with E-state index in [-0.39, 0.29) is 12.0 Å². The van der Waals surface area contributed by atoms with Crippen molar-refractivity contribution in [3.8, 4) is 5.75 Å². The van der Waals surface area contributed by atoms with Gasteiger partial charge >= 0.3 is 0 Å². The van der Waals surface area contributed by atoms with Gasteiger partial charge in [-0.15, -0.1) is 0 Å². The van der Waals surface area contributed by atoms with E-state index in [4.69, 9.17) is 9.26 Å². The number of para-hydroxylation sites is 1. The second-order valence-corrected chi connectivity index (χ2v) is 4.47. The number of aromatic nitrogens is 2. The van der Waals surface area contributed by atoms with Crippen LogP contribution in [0.25, 0.3) is 0 Å². The van der Waals surface area contributed by atoms with Crippen LogP contribution in [0.5, 0.6) is 5.75 Å². The lowest BCUT2D eigenvalue weighted by Gasteiger charge is -2.27. The lowest BCUT2D eigenvalue weighted by Crippen LogP contribution is -2.26. The Morgan fingerprint density at radius 2 is 2.06 bits per heavy atom. The van der Waals surface area contributed by atoms with Crippen molar-refractivity contribution in [2.75, 3.05) is 0 Å². The molecule has 1 aliphatic carbocycles. The van der Waals surface area contributed by atoms with Crippen LogP contribution in [0, 0.1) is 0 Å². The Morgan fingerprint density at radius 1 is 1.28 bits per heavy atom. The third-order valence-corrected chi connectivity index (χ3v) is 3.06. The number of hydrogen-bond donors (Lipinski definition) is 1. The van der Waals surface area contributed by atoms with E-state index < -0.39 is 0 Å². The standard InChI is InChI=1S/C13H14N2O3/c16-10-6-9(7-10)13-14-12(15-18-13)8-17-11-4-2-1-3-5-11/h1-5,9-10,16H,6-8H2. The molecule has 1 aliphatic rings. The number of ether oxygens (including phenoxy) is 1. The van der Waals surface area contributed by atoms with Crippen molar-refractivity contribution in [1.82, 2.24) is 10.1 Å². The largest absolute Gasteiger partial charge is 0.485 e. The molecule has 0 unspecified atom stereocenters. The molecular formula is C13H14N2O3. The highest BCUT2D eigenvalue weighted by Gasteiger charge is 2.32. The molecule has 18 heavy (non-hydrogen) atoms. The molecule has 0 atom stereocenters. The summed E-state index contributed by atoms with van der Waals surface area (Å²) in [5.74, 6) is 2.13. The number of rotatable bonds is 4. The van der Waals surface area contributed by atoms with Crippen LogP contribution >= 0.6 is 0 Å². The maximum absolute atomic E-state index is 9.22. The normalized spacial score (nSPS) is 22.5. The quantitative estimate of drug-likeness (QED) is 0.892. The topological polar surface area (TPSA) is 68.4 Å². The molecular weight excluding hydrogens is 232 g/mol. The molecule has 0 amide bonds. The highest BCUT2D eigenvalue weighted by Crippen LogP contribution is 2.35. The van der Waals surface area contributed by atoms with Crippen molar-refractivity contribution in [3.05, 3.63) is 42.0 Å². The van der Waals surface area contributed by atoms with E-state index in [9.17, 15) is 5.11 Å². The van der Waals surface area contributed by atoms with Gasteiger partial charge in [0.15, 0.2) is 6.61 Å². The van der Waals surface area contributed by atoms with Crippen LogP contribution in [0.15, 0.2) is 34.9 Å². The summed E-state index contributed by atoms with van der Waals surface area (Å²) >= 11 is 0. The minimum Gasteiger partial charge on any atom is -0.485 e. The van der Waals surface area contributed by atoms with E-state index in [0.29, 0.717) is 31.2 Å². The van der Waals surface area contributed by atoms with E-state index in [1.807, 2.05) is 30.3 Å². The maximum Gasteiger partial charge on any atom is 0.230 e. The molecule has 1 heterocycles. The summed E-state index contributed by atoms with van der Waals surface area (Å²) in [5, 5.41) is 13.1. The number of benzene rings is 1. The second-order valence-electron chi connectivity index (χ2n) is 4.47. The predicted molar refractivity (Wildman–Crippen MR) is 63.1 cm³/mol. The van der Waals surface area contributed by atoms with E-state index >= 15 is 0 Å². The first kappa shape index (κ1) is 11.2. The number of nitrogens with zero attached hydrogens (tertiary/aromatic N) is 2. The van der Waals surface area contributed by atoms with E-state index in [2.05, 4.69) is 10.1 Å². The van der Waals surface area contributed by atoms with Gasteiger partial charge in [-0.2, -0.15) is 4.98 Å². The number of aliphatic hydroxyl groups excluding tert-OH is 1. The van der Waals surface area contributed by atoms with Gasteiger partial charge in [-0.25, -0.2) is 0 Å². The molecule has 94 valence electrons. The molecule has 5 heteroatoms. The Labute approximate surface area is 104 Å². The monoisotopic (exact) mass is 246 g/mol. The average molecular weight is 246 g/mol. The van der Waals surface area contributed by atoms with E-state index in [1.165, 1.54) is 0 Å². The van der Waals surface area contributed by atoms with Crippen LogP contribution in [0.1, 0.15) is 30.5 Å². The Bertz CT molecular complexity index is 506. The Hall–Kier alpha value is -1.88. The lowest BCUT2D eigenvalue weighted by molar-refractivity contribution is 0.0624. The summed E-state index contributed by atoms with van der Waals surface area (Å²) in [7, 11) is 0. The predicted octanol–water partition coefficient (Wildman–Crippen LogP) is 1.89. The summed E-state index contributed by atoms with van der Waals surface area (Å²) in [4.78, 5) is 4.27. The van der Waals surface area contributed by atoms with Crippen LogP contribution in [0.3, 0.4) is 0 Å². The van der Waals surface area contributed by atoms with Gasteiger partial charge < -0.3 is 14.4 Å². The molecule has 0 aliphatic heterocycles. The first-order chi connectivity index (χ1) is 8.81. The maximum atomic E-state index is 9.22. The first-order valence-corrected chi connectivity index (χ1v) is 5.99. The summed E-state index contributed by atoms with van der Waals surface area (Å²) in [6.45, 7) is 0.294. The third kappa shape index (κ3) is 2.36. The molecule has 3 rings (SSSR count). The fourth-order valence-electron chi connectivity index (χ4n) is 1.95. The fraction of sp³-hybridized carbons (Fsp3) is 0.385.